The third-order valence-electron chi connectivity index (χ3n) is 8.45. The van der Waals surface area contributed by atoms with Gasteiger partial charge in [0.1, 0.15) is 12.1 Å². The van der Waals surface area contributed by atoms with Crippen molar-refractivity contribution in [3.05, 3.63) is 65.4 Å². The van der Waals surface area contributed by atoms with E-state index in [4.69, 9.17) is 0 Å². The van der Waals surface area contributed by atoms with E-state index in [1.54, 1.807) is 12.4 Å². The number of carbonyl (C=O) groups is 3. The maximum absolute atomic E-state index is 15.0. The highest BCUT2D eigenvalue weighted by Crippen LogP contribution is 2.46. The monoisotopic (exact) mass is 542 g/mol. The summed E-state index contributed by atoms with van der Waals surface area (Å²) in [5, 5.41) is 12.9. The molecule has 3 aromatic rings. The number of likely N-dealkylation sites (N-methyl/N-ethyl adjacent to an activating group) is 1. The molecule has 2 aromatic heterocycles. The van der Waals surface area contributed by atoms with Crippen LogP contribution in [-0.4, -0.2) is 62.6 Å². The average Bonchev–Trinajstić information content (AvgIpc) is 3.47. The van der Waals surface area contributed by atoms with Crippen molar-refractivity contribution >= 4 is 29.1 Å². The van der Waals surface area contributed by atoms with Crippen molar-refractivity contribution in [1.82, 2.24) is 19.2 Å². The van der Waals surface area contributed by atoms with Gasteiger partial charge in [-0.3, -0.25) is 14.4 Å². The van der Waals surface area contributed by atoms with Crippen LogP contribution in [0.15, 0.2) is 42.7 Å². The molecule has 10 heteroatoms. The number of rotatable bonds is 6. The highest BCUT2D eigenvalue weighted by atomic mass is 19.1. The van der Waals surface area contributed by atoms with Gasteiger partial charge >= 0.3 is 0 Å². The summed E-state index contributed by atoms with van der Waals surface area (Å²) in [5.41, 5.74) is 1.53. The zero-order valence-corrected chi connectivity index (χ0v) is 22.7. The van der Waals surface area contributed by atoms with Crippen molar-refractivity contribution in [3.8, 4) is 6.07 Å². The fraction of sp³-hybridized carbons (Fsp3) is 0.433. The fourth-order valence-electron chi connectivity index (χ4n) is 6.16. The summed E-state index contributed by atoms with van der Waals surface area (Å²) < 4.78 is 16.5. The molecule has 9 nitrogen and oxygen atoms in total. The van der Waals surface area contributed by atoms with Gasteiger partial charge < -0.3 is 19.5 Å². The first kappa shape index (κ1) is 26.0. The second-order valence-electron chi connectivity index (χ2n) is 11.7. The summed E-state index contributed by atoms with van der Waals surface area (Å²) in [4.78, 5) is 48.1. The lowest BCUT2D eigenvalue weighted by Gasteiger charge is -2.33. The number of nitrogens with zero attached hydrogens (tertiary/aromatic N) is 5. The first-order valence-electron chi connectivity index (χ1n) is 13.7. The highest BCUT2D eigenvalue weighted by molar-refractivity contribution is 6.07. The fourth-order valence-corrected chi connectivity index (χ4v) is 6.16. The molecule has 1 N–H and O–H groups in total. The van der Waals surface area contributed by atoms with E-state index in [-0.39, 0.29) is 36.0 Å². The Morgan fingerprint density at radius 1 is 1.27 bits per heavy atom. The zero-order chi connectivity index (χ0) is 28.3. The summed E-state index contributed by atoms with van der Waals surface area (Å²) in [7, 11) is 1.53. The largest absolute Gasteiger partial charge is 0.330 e. The van der Waals surface area contributed by atoms with Crippen molar-refractivity contribution < 1.29 is 18.8 Å². The Labute approximate surface area is 231 Å². The molecule has 1 saturated heterocycles. The Bertz CT molecular complexity index is 1590. The molecule has 0 radical (unpaired) electrons. The standard InChI is InChI=1S/C30H31FN6O3/c1-17(2)10-25(35(3)27(38)19-11-22(31)26-33-24(18-8-9-18)15-36(26)14-19)28(39)37-16-30(12-20(37)13-32)21-6-4-5-7-23(21)34-29(30)40/h4-7,11,14-15,17-18,20,25H,8-10,12,16H2,1-3H3,(H,34,40)/t20-,25-,30-/m0/s1. The van der Waals surface area contributed by atoms with Crippen LogP contribution in [0, 0.1) is 23.1 Å². The van der Waals surface area contributed by atoms with Gasteiger partial charge in [-0.2, -0.15) is 5.26 Å². The summed E-state index contributed by atoms with van der Waals surface area (Å²) >= 11 is 0. The van der Waals surface area contributed by atoms with E-state index in [1.165, 1.54) is 21.2 Å². The number of benzene rings is 1. The maximum atomic E-state index is 15.0. The van der Waals surface area contributed by atoms with Crippen molar-refractivity contribution in [3.63, 3.8) is 0 Å². The number of para-hydroxylation sites is 1. The van der Waals surface area contributed by atoms with Crippen molar-refractivity contribution in [2.75, 3.05) is 18.9 Å². The number of hydrogen-bond acceptors (Lipinski definition) is 5. The lowest BCUT2D eigenvalue weighted by molar-refractivity contribution is -0.136. The van der Waals surface area contributed by atoms with Crippen LogP contribution in [0.5, 0.6) is 0 Å². The Morgan fingerprint density at radius 3 is 2.73 bits per heavy atom. The van der Waals surface area contributed by atoms with Crippen LogP contribution < -0.4 is 5.32 Å². The number of likely N-dealkylation sites (tertiary alicyclic amines) is 1. The number of nitrogens with one attached hydrogen (secondary N) is 1. The van der Waals surface area contributed by atoms with E-state index in [9.17, 15) is 19.6 Å². The lowest BCUT2D eigenvalue weighted by atomic mass is 9.80. The van der Waals surface area contributed by atoms with Gasteiger partial charge in [0.15, 0.2) is 11.5 Å². The first-order chi connectivity index (χ1) is 19.1. The van der Waals surface area contributed by atoms with Crippen LogP contribution in [0.3, 0.4) is 0 Å². The highest BCUT2D eigenvalue weighted by Gasteiger charge is 2.56. The molecule has 3 amide bonds. The van der Waals surface area contributed by atoms with Gasteiger partial charge in [0.25, 0.3) is 5.91 Å². The Hall–Kier alpha value is -4.26. The number of aromatic nitrogens is 2. The van der Waals surface area contributed by atoms with Crippen LogP contribution in [0.25, 0.3) is 5.65 Å². The maximum Gasteiger partial charge on any atom is 0.255 e. The number of amides is 3. The number of nitriles is 1. The van der Waals surface area contributed by atoms with Crippen molar-refractivity contribution in [2.45, 2.75) is 62.9 Å². The molecule has 0 unspecified atom stereocenters. The molecule has 3 atom stereocenters. The summed E-state index contributed by atoms with van der Waals surface area (Å²) in [6, 6.07) is 8.97. The number of fused-ring (bicyclic) bond motifs is 3. The Morgan fingerprint density at radius 2 is 2.02 bits per heavy atom. The van der Waals surface area contributed by atoms with Crippen molar-refractivity contribution in [2.24, 2.45) is 5.92 Å². The van der Waals surface area contributed by atoms with Crippen LogP contribution in [0.4, 0.5) is 10.1 Å². The minimum Gasteiger partial charge on any atom is -0.330 e. The second-order valence-corrected chi connectivity index (χ2v) is 11.7. The van der Waals surface area contributed by atoms with Gasteiger partial charge in [0, 0.05) is 44.0 Å². The number of imidazole rings is 1. The molecule has 6 rings (SSSR count). The van der Waals surface area contributed by atoms with Crippen LogP contribution in [0.1, 0.15) is 67.1 Å². The Balaban J connectivity index is 1.30. The number of pyridine rings is 1. The topological polar surface area (TPSA) is 111 Å². The summed E-state index contributed by atoms with van der Waals surface area (Å²) in [5.74, 6) is -1.36. The molecule has 206 valence electrons. The number of hydrogen-bond donors (Lipinski definition) is 1. The summed E-state index contributed by atoms with van der Waals surface area (Å²) in [6.07, 6.45) is 5.87. The zero-order valence-electron chi connectivity index (χ0n) is 22.7. The van der Waals surface area contributed by atoms with E-state index in [1.807, 2.05) is 38.1 Å². The molecule has 1 aliphatic carbocycles. The average molecular weight is 543 g/mol. The molecule has 0 bridgehead atoms. The third kappa shape index (κ3) is 4.12. The molecule has 2 aliphatic heterocycles. The second kappa shape index (κ2) is 9.44. The number of halogens is 1. The van der Waals surface area contributed by atoms with E-state index in [0.717, 1.165) is 30.2 Å². The van der Waals surface area contributed by atoms with Crippen LogP contribution in [0.2, 0.25) is 0 Å². The van der Waals surface area contributed by atoms with Gasteiger partial charge in [0.05, 0.1) is 22.7 Å². The van der Waals surface area contributed by atoms with Gasteiger partial charge in [-0.1, -0.05) is 32.0 Å². The summed E-state index contributed by atoms with van der Waals surface area (Å²) in [6.45, 7) is 3.94. The smallest absolute Gasteiger partial charge is 0.255 e. The molecule has 40 heavy (non-hydrogen) atoms. The molecule has 1 spiro atoms. The first-order valence-corrected chi connectivity index (χ1v) is 13.7. The van der Waals surface area contributed by atoms with Gasteiger partial charge in [-0.05, 0) is 42.9 Å². The molecule has 3 aliphatic rings. The molecule has 2 fully saturated rings. The quantitative estimate of drug-likeness (QED) is 0.509. The van der Waals surface area contributed by atoms with E-state index in [0.29, 0.717) is 18.0 Å². The van der Waals surface area contributed by atoms with Gasteiger partial charge in [-0.25, -0.2) is 9.37 Å². The number of carbonyl (C=O) groups excluding carboxylic acids is 3. The Kier molecular flexibility index (Phi) is 6.13. The molecule has 1 saturated carbocycles. The van der Waals surface area contributed by atoms with Gasteiger partial charge in [-0.15, -0.1) is 0 Å². The predicted octanol–water partition coefficient (Wildman–Crippen LogP) is 3.85. The predicted molar refractivity (Wildman–Crippen MR) is 145 cm³/mol. The molecular weight excluding hydrogens is 511 g/mol. The van der Waals surface area contributed by atoms with E-state index >= 15 is 4.39 Å². The minimum absolute atomic E-state index is 0.0447. The van der Waals surface area contributed by atoms with Crippen molar-refractivity contribution in [1.29, 1.82) is 5.26 Å². The number of anilines is 1. The van der Waals surface area contributed by atoms with Crippen LogP contribution >= 0.6 is 0 Å². The van der Waals surface area contributed by atoms with E-state index < -0.39 is 35.1 Å². The normalized spacial score (nSPS) is 22.4. The lowest BCUT2D eigenvalue weighted by Crippen LogP contribution is -2.52. The molecule has 4 heterocycles. The van der Waals surface area contributed by atoms with E-state index in [2.05, 4.69) is 16.4 Å². The SMILES string of the molecule is CC(C)C[C@@H](C(=O)N1C[C@]2(C[C@H]1C#N)C(=O)Nc1ccccc12)N(C)C(=O)c1cc(F)c2nc(C3CC3)cn2c1. The third-order valence-corrected chi connectivity index (χ3v) is 8.45. The molecular formula is C30H31FN6O3. The minimum atomic E-state index is -1.02. The van der Waals surface area contributed by atoms with Crippen LogP contribution in [-0.2, 0) is 15.0 Å². The van der Waals surface area contributed by atoms with Gasteiger partial charge in [0.2, 0.25) is 11.8 Å². The molecule has 1 aromatic carbocycles.